The zero-order chi connectivity index (χ0) is 35.8. The van der Waals surface area contributed by atoms with Gasteiger partial charge >= 0.3 is 6.03 Å². The monoisotopic (exact) mass is 689 g/mol. The minimum Gasteiger partial charge on any atom is -0.346 e. The highest BCUT2D eigenvalue weighted by Crippen LogP contribution is 2.65. The Hall–Kier alpha value is -3.14. The number of nitrogens with zero attached hydrogens (tertiary/aromatic N) is 1. The Morgan fingerprint density at radius 1 is 1.04 bits per heavy atom. The number of terminal acetylenes is 1. The van der Waals surface area contributed by atoms with Crippen LogP contribution >= 0.6 is 0 Å². The molecule has 12 nitrogen and oxygen atoms in total. The van der Waals surface area contributed by atoms with Crippen molar-refractivity contribution in [2.24, 2.45) is 28.6 Å². The molecule has 0 aromatic carbocycles. The quantitative estimate of drug-likeness (QED) is 0.170. The second-order valence-corrected chi connectivity index (χ2v) is 18.6. The molecule has 3 aliphatic carbocycles. The molecule has 7 atom stereocenters. The maximum Gasteiger partial charge on any atom is 0.315 e. The SMILES string of the molecule is C#CCCC(NC(=O)[C@@H]1[C@@H]2C(CN1C(=O)[C@@H](NC(=O)NC1(CS(=O)(=O)CC)CCCCC1)C(C)(C)C)C2(C)C)C(=O)C(=O)NC1CC1C. The number of piperidine rings is 1. The van der Waals surface area contributed by atoms with E-state index in [9.17, 15) is 32.4 Å². The minimum absolute atomic E-state index is 0.0299. The van der Waals surface area contributed by atoms with Crippen molar-refractivity contribution in [2.75, 3.05) is 18.1 Å². The number of nitrogens with one attached hydrogen (secondary N) is 4. The molecule has 4 aliphatic rings. The van der Waals surface area contributed by atoms with Crippen molar-refractivity contribution >= 4 is 39.4 Å². The van der Waals surface area contributed by atoms with E-state index in [1.165, 1.54) is 4.90 Å². The van der Waals surface area contributed by atoms with Gasteiger partial charge in [0.25, 0.3) is 5.91 Å². The lowest BCUT2D eigenvalue weighted by molar-refractivity contribution is -0.145. The van der Waals surface area contributed by atoms with Gasteiger partial charge in [0, 0.05) is 24.8 Å². The van der Waals surface area contributed by atoms with Crippen molar-refractivity contribution in [1.82, 2.24) is 26.2 Å². The Labute approximate surface area is 286 Å². The number of fused-ring (bicyclic) bond motifs is 1. The number of hydrogen-bond donors (Lipinski definition) is 4. The molecule has 3 saturated carbocycles. The Bertz CT molecular complexity index is 1440. The number of urea groups is 1. The highest BCUT2D eigenvalue weighted by molar-refractivity contribution is 7.91. The fourth-order valence-electron chi connectivity index (χ4n) is 7.77. The van der Waals surface area contributed by atoms with Gasteiger partial charge in [0.2, 0.25) is 17.6 Å². The first kappa shape index (κ1) is 37.7. The molecular formula is C35H55N5O7S. The van der Waals surface area contributed by atoms with E-state index in [-0.39, 0.29) is 53.6 Å². The molecule has 4 N–H and O–H groups in total. The van der Waals surface area contributed by atoms with E-state index in [4.69, 9.17) is 6.42 Å². The molecular weight excluding hydrogens is 634 g/mol. The first-order valence-corrected chi connectivity index (χ1v) is 19.3. The van der Waals surface area contributed by atoms with Gasteiger partial charge in [-0.3, -0.25) is 19.2 Å². The van der Waals surface area contributed by atoms with Crippen LogP contribution in [0.25, 0.3) is 0 Å². The van der Waals surface area contributed by atoms with Crippen LogP contribution in [0.2, 0.25) is 0 Å². The largest absolute Gasteiger partial charge is 0.346 e. The van der Waals surface area contributed by atoms with Crippen LogP contribution < -0.4 is 21.3 Å². The molecule has 0 radical (unpaired) electrons. The normalized spacial score (nSPS) is 28.1. The summed E-state index contributed by atoms with van der Waals surface area (Å²) in [6.45, 7) is 13.4. The molecule has 5 amide bonds. The van der Waals surface area contributed by atoms with Gasteiger partial charge in [0.1, 0.15) is 12.1 Å². The number of carbonyl (C=O) groups excluding carboxylic acids is 5. The molecule has 48 heavy (non-hydrogen) atoms. The summed E-state index contributed by atoms with van der Waals surface area (Å²) < 4.78 is 25.3. The molecule has 0 spiro atoms. The molecule has 0 aromatic heterocycles. The minimum atomic E-state index is -3.39. The molecule has 4 unspecified atom stereocenters. The van der Waals surface area contributed by atoms with Crippen molar-refractivity contribution < 1.29 is 32.4 Å². The number of sulfone groups is 1. The third kappa shape index (κ3) is 8.35. The van der Waals surface area contributed by atoms with Crippen LogP contribution in [-0.2, 0) is 29.0 Å². The lowest BCUT2D eigenvalue weighted by Gasteiger charge is -2.40. The fourth-order valence-corrected chi connectivity index (χ4v) is 9.17. The number of likely N-dealkylation sites (tertiary alicyclic amines) is 1. The maximum absolute atomic E-state index is 14.4. The van der Waals surface area contributed by atoms with E-state index in [2.05, 4.69) is 27.2 Å². The Kier molecular flexibility index (Phi) is 11.0. The van der Waals surface area contributed by atoms with E-state index < -0.39 is 68.5 Å². The summed E-state index contributed by atoms with van der Waals surface area (Å²) in [5.41, 5.74) is -1.92. The first-order chi connectivity index (χ1) is 22.3. The van der Waals surface area contributed by atoms with Crippen LogP contribution in [0, 0.1) is 40.9 Å². The number of hydrogen-bond acceptors (Lipinski definition) is 7. The average molecular weight is 690 g/mol. The first-order valence-electron chi connectivity index (χ1n) is 17.4. The Morgan fingerprint density at radius 2 is 1.67 bits per heavy atom. The summed E-state index contributed by atoms with van der Waals surface area (Å²) in [5.74, 6) is -0.0804. The fraction of sp³-hybridized carbons (Fsp3) is 0.800. The van der Waals surface area contributed by atoms with Gasteiger partial charge < -0.3 is 26.2 Å². The lowest BCUT2D eigenvalue weighted by atomic mass is 9.83. The summed E-state index contributed by atoms with van der Waals surface area (Å²) in [6, 6.07) is -3.79. The molecule has 0 bridgehead atoms. The van der Waals surface area contributed by atoms with Gasteiger partial charge in [-0.2, -0.15) is 0 Å². The Morgan fingerprint density at radius 3 is 2.21 bits per heavy atom. The molecule has 4 fully saturated rings. The third-order valence-corrected chi connectivity index (χ3v) is 13.0. The van der Waals surface area contributed by atoms with Crippen LogP contribution in [0.1, 0.15) is 99.8 Å². The molecule has 13 heteroatoms. The summed E-state index contributed by atoms with van der Waals surface area (Å²) >= 11 is 0. The number of Topliss-reactive ketones (excluding diaryl/α,β-unsaturated/α-hetero) is 1. The van der Waals surface area contributed by atoms with Gasteiger partial charge in [-0.15, -0.1) is 12.3 Å². The Balaban J connectivity index is 1.53. The predicted octanol–water partition coefficient (Wildman–Crippen LogP) is 2.31. The molecule has 0 aromatic rings. The molecule has 1 aliphatic heterocycles. The van der Waals surface area contributed by atoms with E-state index in [0.717, 1.165) is 25.7 Å². The van der Waals surface area contributed by atoms with Crippen LogP contribution in [0.4, 0.5) is 4.79 Å². The lowest BCUT2D eigenvalue weighted by Crippen LogP contribution is -2.64. The molecule has 1 saturated heterocycles. The van der Waals surface area contributed by atoms with Crippen molar-refractivity contribution in [2.45, 2.75) is 130 Å². The van der Waals surface area contributed by atoms with Crippen LogP contribution in [0.3, 0.4) is 0 Å². The summed E-state index contributed by atoms with van der Waals surface area (Å²) in [5, 5.41) is 11.3. The molecule has 1 heterocycles. The van der Waals surface area contributed by atoms with Crippen molar-refractivity contribution in [1.29, 1.82) is 0 Å². The number of amides is 5. The summed E-state index contributed by atoms with van der Waals surface area (Å²) in [6.07, 6.45) is 10.1. The van der Waals surface area contributed by atoms with Gasteiger partial charge in [0.15, 0.2) is 9.84 Å². The zero-order valence-electron chi connectivity index (χ0n) is 29.6. The standard InChI is InChI=1S/C35H55N5O7S/c1-9-11-15-23(27(41)30(43)37-24-18-21(24)3)36-29(42)26-25-22(34(25,7)8)19-40(26)31(44)28(33(4,5)6)38-32(45)39-35(16-13-12-14-17-35)20-48(46,47)10-2/h1,21-26,28H,10-20H2,2-8H3,(H,36,42)(H,37,43)(H2,38,39,45)/t21?,22?,23?,24?,25-,26-,28+/m0/s1. The van der Waals surface area contributed by atoms with E-state index in [0.29, 0.717) is 19.4 Å². The van der Waals surface area contributed by atoms with Crippen molar-refractivity contribution in [3.8, 4) is 12.3 Å². The zero-order valence-corrected chi connectivity index (χ0v) is 30.4. The van der Waals surface area contributed by atoms with Crippen LogP contribution in [-0.4, -0.2) is 90.6 Å². The average Bonchev–Trinajstić information content (AvgIpc) is 3.74. The second-order valence-electron chi connectivity index (χ2n) is 16.3. The molecule has 268 valence electrons. The highest BCUT2D eigenvalue weighted by Gasteiger charge is 2.70. The predicted molar refractivity (Wildman–Crippen MR) is 182 cm³/mol. The third-order valence-electron chi connectivity index (χ3n) is 11.1. The van der Waals surface area contributed by atoms with Gasteiger partial charge in [-0.05, 0) is 54.3 Å². The van der Waals surface area contributed by atoms with Gasteiger partial charge in [-0.1, -0.05) is 67.7 Å². The van der Waals surface area contributed by atoms with Gasteiger partial charge in [0.05, 0.1) is 17.3 Å². The number of ketones is 1. The van der Waals surface area contributed by atoms with E-state index in [1.807, 2.05) is 41.5 Å². The second kappa shape index (κ2) is 14.0. The van der Waals surface area contributed by atoms with Gasteiger partial charge in [-0.25, -0.2) is 13.2 Å². The summed E-state index contributed by atoms with van der Waals surface area (Å²) in [7, 11) is -3.39. The molecule has 4 rings (SSSR count). The van der Waals surface area contributed by atoms with Crippen LogP contribution in [0.5, 0.6) is 0 Å². The highest BCUT2D eigenvalue weighted by atomic mass is 32.2. The number of carbonyl (C=O) groups is 5. The number of rotatable bonds is 13. The van der Waals surface area contributed by atoms with Crippen molar-refractivity contribution in [3.05, 3.63) is 0 Å². The van der Waals surface area contributed by atoms with E-state index >= 15 is 0 Å². The topological polar surface area (TPSA) is 171 Å². The summed E-state index contributed by atoms with van der Waals surface area (Å²) in [4.78, 5) is 69.4. The van der Waals surface area contributed by atoms with E-state index in [1.54, 1.807) is 6.92 Å². The van der Waals surface area contributed by atoms with Crippen LogP contribution in [0.15, 0.2) is 0 Å². The smallest absolute Gasteiger partial charge is 0.315 e. The maximum atomic E-state index is 14.4. The van der Waals surface area contributed by atoms with Crippen molar-refractivity contribution in [3.63, 3.8) is 0 Å².